The Morgan fingerprint density at radius 2 is 1.81 bits per heavy atom. The van der Waals surface area contributed by atoms with Crippen molar-refractivity contribution in [2.75, 3.05) is 25.5 Å². The number of nitriles is 1. The highest BCUT2D eigenvalue weighted by molar-refractivity contribution is 9.09. The van der Waals surface area contributed by atoms with Crippen LogP contribution in [0.4, 0.5) is 0 Å². The maximum absolute atomic E-state index is 8.59. The number of hydrogen-bond donors (Lipinski definition) is 0. The molecule has 0 spiro atoms. The van der Waals surface area contributed by atoms with Crippen molar-refractivity contribution in [3.8, 4) is 6.07 Å². The van der Waals surface area contributed by atoms with Crippen LogP contribution in [0.15, 0.2) is 0 Å². The molecule has 16 heavy (non-hydrogen) atoms. The van der Waals surface area contributed by atoms with Gasteiger partial charge in [0.2, 0.25) is 0 Å². The van der Waals surface area contributed by atoms with Crippen LogP contribution in [-0.4, -0.2) is 30.4 Å². The molecule has 0 rings (SSSR count). The van der Waals surface area contributed by atoms with Crippen molar-refractivity contribution in [3.05, 3.63) is 0 Å². The van der Waals surface area contributed by atoms with Crippen LogP contribution in [0.3, 0.4) is 0 Å². The summed E-state index contributed by atoms with van der Waals surface area (Å²) >= 11 is 3.68. The van der Waals surface area contributed by atoms with E-state index in [0.29, 0.717) is 11.8 Å². The zero-order valence-corrected chi connectivity index (χ0v) is 12.5. The van der Waals surface area contributed by atoms with Crippen LogP contribution in [0.5, 0.6) is 0 Å². The lowest BCUT2D eigenvalue weighted by Gasteiger charge is -2.35. The van der Waals surface area contributed by atoms with E-state index in [-0.39, 0.29) is 0 Å². The van der Waals surface area contributed by atoms with Crippen LogP contribution in [-0.2, 0) is 0 Å². The number of rotatable bonds is 9. The molecular formula is C13H25BrN2. The molecule has 0 aromatic heterocycles. The highest BCUT2D eigenvalue weighted by atomic mass is 79.9. The fraction of sp³-hybridized carbons (Fsp3) is 0.923. The van der Waals surface area contributed by atoms with E-state index in [1.807, 2.05) is 0 Å². The molecule has 0 heterocycles. The third-order valence-electron chi connectivity index (χ3n) is 3.05. The smallest absolute Gasteiger partial charge is 0.0635 e. The van der Waals surface area contributed by atoms with E-state index in [2.05, 4.69) is 47.8 Å². The minimum atomic E-state index is 0.397. The zero-order chi connectivity index (χ0) is 12.4. The molecule has 0 saturated carbocycles. The third kappa shape index (κ3) is 5.86. The van der Waals surface area contributed by atoms with Gasteiger partial charge in [-0.05, 0) is 25.3 Å². The first kappa shape index (κ1) is 15.9. The Morgan fingerprint density at radius 1 is 1.25 bits per heavy atom. The van der Waals surface area contributed by atoms with Crippen LogP contribution >= 0.6 is 15.9 Å². The van der Waals surface area contributed by atoms with Gasteiger partial charge in [-0.15, -0.1) is 0 Å². The first-order chi connectivity index (χ1) is 7.64. The molecule has 0 aromatic carbocycles. The predicted molar refractivity (Wildman–Crippen MR) is 73.8 cm³/mol. The molecule has 0 aromatic rings. The average molecular weight is 289 g/mol. The Balaban J connectivity index is 4.33. The van der Waals surface area contributed by atoms with E-state index in [1.54, 1.807) is 0 Å². The summed E-state index contributed by atoms with van der Waals surface area (Å²) in [7, 11) is 2.13. The lowest BCUT2D eigenvalue weighted by Crippen LogP contribution is -2.37. The van der Waals surface area contributed by atoms with Gasteiger partial charge in [0.15, 0.2) is 0 Å². The van der Waals surface area contributed by atoms with Crippen LogP contribution in [0, 0.1) is 16.7 Å². The molecular weight excluding hydrogens is 264 g/mol. The van der Waals surface area contributed by atoms with E-state index in [4.69, 9.17) is 5.26 Å². The van der Waals surface area contributed by atoms with Crippen molar-refractivity contribution in [2.24, 2.45) is 5.41 Å². The number of halogens is 1. The van der Waals surface area contributed by atoms with E-state index >= 15 is 0 Å². The van der Waals surface area contributed by atoms with Crippen molar-refractivity contribution in [1.29, 1.82) is 5.26 Å². The van der Waals surface area contributed by atoms with Crippen molar-refractivity contribution in [1.82, 2.24) is 4.90 Å². The number of nitrogens with zero attached hydrogens (tertiary/aromatic N) is 2. The summed E-state index contributed by atoms with van der Waals surface area (Å²) in [6.07, 6.45) is 5.63. The maximum Gasteiger partial charge on any atom is 0.0635 e. The Bertz CT molecular complexity index is 204. The molecule has 0 aliphatic heterocycles. The standard InChI is InChI=1S/C13H25BrN2/c1-4-7-13(11-14,8-5-2)12-16(3)10-6-9-15/h4-8,10-12H2,1-3H3. The minimum Gasteiger partial charge on any atom is -0.305 e. The molecule has 2 nitrogen and oxygen atoms in total. The Morgan fingerprint density at radius 3 is 2.19 bits per heavy atom. The molecule has 0 bridgehead atoms. The second-order valence-corrected chi connectivity index (χ2v) is 5.34. The maximum atomic E-state index is 8.59. The van der Waals surface area contributed by atoms with E-state index < -0.39 is 0 Å². The molecule has 0 aliphatic rings. The summed E-state index contributed by atoms with van der Waals surface area (Å²) in [5.74, 6) is 0. The summed E-state index contributed by atoms with van der Waals surface area (Å²) in [6.45, 7) is 6.49. The van der Waals surface area contributed by atoms with E-state index in [1.165, 1.54) is 25.7 Å². The molecule has 0 atom stereocenters. The van der Waals surface area contributed by atoms with Crippen LogP contribution in [0.1, 0.15) is 46.0 Å². The normalized spacial score (nSPS) is 11.8. The molecule has 94 valence electrons. The van der Waals surface area contributed by atoms with E-state index in [0.717, 1.165) is 18.4 Å². The van der Waals surface area contributed by atoms with Crippen LogP contribution in [0.25, 0.3) is 0 Å². The number of alkyl halides is 1. The average Bonchev–Trinajstić information content (AvgIpc) is 2.27. The van der Waals surface area contributed by atoms with Crippen LogP contribution in [0.2, 0.25) is 0 Å². The summed E-state index contributed by atoms with van der Waals surface area (Å²) in [6, 6.07) is 2.21. The molecule has 0 saturated heterocycles. The summed E-state index contributed by atoms with van der Waals surface area (Å²) < 4.78 is 0. The van der Waals surface area contributed by atoms with Gasteiger partial charge in [-0.1, -0.05) is 42.6 Å². The van der Waals surface area contributed by atoms with Gasteiger partial charge < -0.3 is 4.90 Å². The summed E-state index contributed by atoms with van der Waals surface area (Å²) in [5, 5.41) is 9.66. The molecule has 0 unspecified atom stereocenters. The lowest BCUT2D eigenvalue weighted by molar-refractivity contribution is 0.173. The lowest BCUT2D eigenvalue weighted by atomic mass is 9.81. The fourth-order valence-electron chi connectivity index (χ4n) is 2.41. The SMILES string of the molecule is CCCC(CBr)(CCC)CN(C)CCC#N. The third-order valence-corrected chi connectivity index (χ3v) is 4.24. The van der Waals surface area contributed by atoms with Crippen LogP contribution < -0.4 is 0 Å². The second kappa shape index (κ2) is 9.01. The molecule has 0 N–H and O–H groups in total. The monoisotopic (exact) mass is 288 g/mol. The van der Waals surface area contributed by atoms with Gasteiger partial charge in [0.25, 0.3) is 0 Å². The van der Waals surface area contributed by atoms with Crippen molar-refractivity contribution in [3.63, 3.8) is 0 Å². The van der Waals surface area contributed by atoms with Gasteiger partial charge in [-0.25, -0.2) is 0 Å². The highest BCUT2D eigenvalue weighted by Gasteiger charge is 2.28. The first-order valence-electron chi connectivity index (χ1n) is 6.25. The molecule has 0 radical (unpaired) electrons. The van der Waals surface area contributed by atoms with Gasteiger partial charge in [-0.2, -0.15) is 5.26 Å². The Hall–Kier alpha value is -0.0700. The van der Waals surface area contributed by atoms with Gasteiger partial charge >= 0.3 is 0 Å². The van der Waals surface area contributed by atoms with Gasteiger partial charge in [0.1, 0.15) is 0 Å². The fourth-order valence-corrected chi connectivity index (χ4v) is 3.15. The molecule has 0 amide bonds. The van der Waals surface area contributed by atoms with Gasteiger partial charge in [0.05, 0.1) is 6.07 Å². The number of hydrogen-bond acceptors (Lipinski definition) is 2. The topological polar surface area (TPSA) is 27.0 Å². The highest BCUT2D eigenvalue weighted by Crippen LogP contribution is 2.32. The largest absolute Gasteiger partial charge is 0.305 e. The Labute approximate surface area is 109 Å². The summed E-state index contributed by atoms with van der Waals surface area (Å²) in [5.41, 5.74) is 0.397. The zero-order valence-electron chi connectivity index (χ0n) is 10.9. The van der Waals surface area contributed by atoms with Crippen molar-refractivity contribution < 1.29 is 0 Å². The van der Waals surface area contributed by atoms with Crippen molar-refractivity contribution >= 4 is 15.9 Å². The molecule has 0 aliphatic carbocycles. The second-order valence-electron chi connectivity index (χ2n) is 4.78. The quantitative estimate of drug-likeness (QED) is 0.603. The summed E-state index contributed by atoms with van der Waals surface area (Å²) in [4.78, 5) is 2.30. The molecule has 0 fully saturated rings. The van der Waals surface area contributed by atoms with Gasteiger partial charge in [-0.3, -0.25) is 0 Å². The van der Waals surface area contributed by atoms with E-state index in [9.17, 15) is 0 Å². The molecule has 3 heteroatoms. The van der Waals surface area contributed by atoms with Crippen molar-refractivity contribution in [2.45, 2.75) is 46.0 Å². The Kier molecular flexibility index (Phi) is 8.97. The van der Waals surface area contributed by atoms with Gasteiger partial charge in [0, 0.05) is 24.8 Å². The first-order valence-corrected chi connectivity index (χ1v) is 7.37. The minimum absolute atomic E-state index is 0.397. The predicted octanol–water partition coefficient (Wildman–Crippen LogP) is 3.81.